The van der Waals surface area contributed by atoms with Gasteiger partial charge in [0.1, 0.15) is 5.75 Å². The summed E-state index contributed by atoms with van der Waals surface area (Å²) in [6.45, 7) is 4.26. The van der Waals surface area contributed by atoms with Crippen LogP contribution in [0.2, 0.25) is 0 Å². The van der Waals surface area contributed by atoms with Crippen LogP contribution in [0.4, 0.5) is 5.69 Å². The molecule has 8 heteroatoms. The average molecular weight is 462 g/mol. The Bertz CT molecular complexity index is 944. The summed E-state index contributed by atoms with van der Waals surface area (Å²) in [6, 6.07) is 13.5. The Morgan fingerprint density at radius 1 is 1.21 bits per heavy atom. The van der Waals surface area contributed by atoms with Crippen LogP contribution >= 0.6 is 27.7 Å². The van der Waals surface area contributed by atoms with Crippen molar-refractivity contribution in [1.82, 2.24) is 10.2 Å². The number of benzene rings is 2. The predicted molar refractivity (Wildman–Crippen MR) is 113 cm³/mol. The predicted octanol–water partition coefficient (Wildman–Crippen LogP) is 5.01. The summed E-state index contributed by atoms with van der Waals surface area (Å²) in [5.74, 6) is 1.15. The summed E-state index contributed by atoms with van der Waals surface area (Å²) < 4.78 is 12.2. The second-order valence-corrected chi connectivity index (χ2v) is 7.83. The minimum atomic E-state index is -0.140. The van der Waals surface area contributed by atoms with E-state index in [4.69, 9.17) is 9.15 Å². The van der Waals surface area contributed by atoms with Gasteiger partial charge in [-0.1, -0.05) is 46.7 Å². The smallest absolute Gasteiger partial charge is 0.277 e. The summed E-state index contributed by atoms with van der Waals surface area (Å²) in [5.41, 5.74) is 3.05. The van der Waals surface area contributed by atoms with Crippen LogP contribution in [0, 0.1) is 6.92 Å². The molecular weight excluding hydrogens is 442 g/mol. The van der Waals surface area contributed by atoms with Gasteiger partial charge >= 0.3 is 0 Å². The summed E-state index contributed by atoms with van der Waals surface area (Å²) in [6.07, 6.45) is 0.986. The van der Waals surface area contributed by atoms with Crippen LogP contribution in [0.15, 0.2) is 56.6 Å². The Kier molecular flexibility index (Phi) is 7.11. The molecule has 146 valence electrons. The summed E-state index contributed by atoms with van der Waals surface area (Å²) in [7, 11) is 0. The molecule has 6 nitrogen and oxygen atoms in total. The maximum atomic E-state index is 12.1. The lowest BCUT2D eigenvalue weighted by Gasteiger charge is -2.06. The molecule has 0 radical (unpaired) electrons. The van der Waals surface area contributed by atoms with Gasteiger partial charge in [-0.3, -0.25) is 4.79 Å². The molecule has 0 atom stereocenters. The van der Waals surface area contributed by atoms with Crippen molar-refractivity contribution < 1.29 is 13.9 Å². The highest BCUT2D eigenvalue weighted by Gasteiger charge is 2.11. The Balaban J connectivity index is 1.45. The first-order valence-corrected chi connectivity index (χ1v) is 10.5. The Morgan fingerprint density at radius 3 is 2.71 bits per heavy atom. The van der Waals surface area contributed by atoms with Crippen LogP contribution in [0.25, 0.3) is 0 Å². The van der Waals surface area contributed by atoms with Crippen LogP contribution in [-0.2, 0) is 17.8 Å². The van der Waals surface area contributed by atoms with E-state index in [9.17, 15) is 4.79 Å². The quantitative estimate of drug-likeness (QED) is 0.474. The maximum absolute atomic E-state index is 12.1. The standard InChI is InChI=1S/C20H20BrN3O3S/c1-3-14-4-7-16(8-5-14)26-11-19-23-24-20(27-19)28-12-18(25)22-15-6-9-17(21)13(2)10-15/h4-10H,3,11-12H2,1-2H3,(H,22,25). The summed E-state index contributed by atoms with van der Waals surface area (Å²) in [5, 5.41) is 11.1. The SMILES string of the molecule is CCc1ccc(OCc2nnc(SCC(=O)Nc3ccc(Br)c(C)c3)o2)cc1. The van der Waals surface area contributed by atoms with Crippen LogP contribution in [-0.4, -0.2) is 21.9 Å². The molecule has 0 aliphatic heterocycles. The van der Waals surface area contributed by atoms with Crippen molar-refractivity contribution in [3.63, 3.8) is 0 Å². The number of nitrogens with one attached hydrogen (secondary N) is 1. The maximum Gasteiger partial charge on any atom is 0.277 e. The lowest BCUT2D eigenvalue weighted by molar-refractivity contribution is -0.113. The van der Waals surface area contributed by atoms with Gasteiger partial charge in [0, 0.05) is 10.2 Å². The highest BCUT2D eigenvalue weighted by Crippen LogP contribution is 2.21. The molecule has 3 rings (SSSR count). The fourth-order valence-corrected chi connectivity index (χ4v) is 3.20. The number of halogens is 1. The topological polar surface area (TPSA) is 77.2 Å². The molecule has 28 heavy (non-hydrogen) atoms. The van der Waals surface area contributed by atoms with Gasteiger partial charge in [-0.05, 0) is 54.8 Å². The lowest BCUT2D eigenvalue weighted by Crippen LogP contribution is -2.14. The molecular formula is C20H20BrN3O3S. The number of anilines is 1. The average Bonchev–Trinajstić information content (AvgIpc) is 3.16. The van der Waals surface area contributed by atoms with E-state index >= 15 is 0 Å². The lowest BCUT2D eigenvalue weighted by atomic mass is 10.2. The zero-order valence-corrected chi connectivity index (χ0v) is 18.0. The fraction of sp³-hybridized carbons (Fsp3) is 0.250. The number of hydrogen-bond donors (Lipinski definition) is 1. The third-order valence-electron chi connectivity index (χ3n) is 3.91. The Hall–Kier alpha value is -2.32. The van der Waals surface area contributed by atoms with Gasteiger partial charge in [0.25, 0.3) is 11.1 Å². The summed E-state index contributed by atoms with van der Waals surface area (Å²) >= 11 is 4.62. The molecule has 0 bridgehead atoms. The third kappa shape index (κ3) is 5.84. The Labute approximate surface area is 176 Å². The normalized spacial score (nSPS) is 10.7. The van der Waals surface area contributed by atoms with Crippen molar-refractivity contribution in [3.05, 3.63) is 64.0 Å². The number of carbonyl (C=O) groups excluding carboxylic acids is 1. The minimum Gasteiger partial charge on any atom is -0.484 e. The number of rotatable bonds is 8. The van der Waals surface area contributed by atoms with Crippen LogP contribution < -0.4 is 10.1 Å². The third-order valence-corrected chi connectivity index (χ3v) is 5.62. The highest BCUT2D eigenvalue weighted by atomic mass is 79.9. The van der Waals surface area contributed by atoms with E-state index < -0.39 is 0 Å². The van der Waals surface area contributed by atoms with E-state index in [1.165, 1.54) is 17.3 Å². The number of nitrogens with zero attached hydrogens (tertiary/aromatic N) is 2. The van der Waals surface area contributed by atoms with Crippen molar-refractivity contribution in [3.8, 4) is 5.75 Å². The van der Waals surface area contributed by atoms with E-state index in [1.807, 2.05) is 49.4 Å². The van der Waals surface area contributed by atoms with E-state index in [-0.39, 0.29) is 18.3 Å². The number of thioether (sulfide) groups is 1. The highest BCUT2D eigenvalue weighted by molar-refractivity contribution is 9.10. The Morgan fingerprint density at radius 2 is 2.00 bits per heavy atom. The zero-order chi connectivity index (χ0) is 19.9. The van der Waals surface area contributed by atoms with Crippen molar-refractivity contribution in [2.45, 2.75) is 32.1 Å². The van der Waals surface area contributed by atoms with Gasteiger partial charge in [-0.2, -0.15) is 0 Å². The first-order chi connectivity index (χ1) is 13.5. The van der Waals surface area contributed by atoms with Crippen molar-refractivity contribution in [2.75, 3.05) is 11.1 Å². The minimum absolute atomic E-state index is 0.140. The van der Waals surface area contributed by atoms with Gasteiger partial charge in [0.2, 0.25) is 5.91 Å². The molecule has 0 fully saturated rings. The fourth-order valence-electron chi connectivity index (χ4n) is 2.37. The van der Waals surface area contributed by atoms with Gasteiger partial charge in [-0.25, -0.2) is 0 Å². The van der Waals surface area contributed by atoms with Crippen molar-refractivity contribution in [1.29, 1.82) is 0 Å². The molecule has 0 aliphatic rings. The van der Waals surface area contributed by atoms with Gasteiger partial charge < -0.3 is 14.5 Å². The molecule has 0 aliphatic carbocycles. The second-order valence-electron chi connectivity index (χ2n) is 6.05. The first kappa shape index (κ1) is 20.4. The molecule has 2 aromatic carbocycles. The largest absolute Gasteiger partial charge is 0.484 e. The number of hydrogen-bond acceptors (Lipinski definition) is 6. The summed E-state index contributed by atoms with van der Waals surface area (Å²) in [4.78, 5) is 12.1. The number of carbonyl (C=O) groups is 1. The van der Waals surface area contributed by atoms with E-state index in [0.29, 0.717) is 11.1 Å². The van der Waals surface area contributed by atoms with Crippen LogP contribution in [0.3, 0.4) is 0 Å². The van der Waals surface area contributed by atoms with Gasteiger partial charge in [0.05, 0.1) is 5.75 Å². The number of ether oxygens (including phenoxy) is 1. The van der Waals surface area contributed by atoms with Crippen molar-refractivity contribution >= 4 is 39.3 Å². The monoisotopic (exact) mass is 461 g/mol. The molecule has 1 N–H and O–H groups in total. The second kappa shape index (κ2) is 9.75. The molecule has 0 unspecified atom stereocenters. The number of aromatic nitrogens is 2. The molecule has 3 aromatic rings. The first-order valence-electron chi connectivity index (χ1n) is 8.76. The van der Waals surface area contributed by atoms with E-state index in [0.717, 1.165) is 27.9 Å². The molecule has 1 heterocycles. The van der Waals surface area contributed by atoms with Gasteiger partial charge in [0.15, 0.2) is 6.61 Å². The van der Waals surface area contributed by atoms with Gasteiger partial charge in [-0.15, -0.1) is 10.2 Å². The molecule has 1 amide bonds. The van der Waals surface area contributed by atoms with E-state index in [2.05, 4.69) is 38.4 Å². The van der Waals surface area contributed by atoms with Crippen molar-refractivity contribution in [2.24, 2.45) is 0 Å². The molecule has 0 spiro atoms. The van der Waals surface area contributed by atoms with Crippen LogP contribution in [0.1, 0.15) is 23.9 Å². The zero-order valence-electron chi connectivity index (χ0n) is 15.6. The molecule has 0 saturated heterocycles. The van der Waals surface area contributed by atoms with Crippen LogP contribution in [0.5, 0.6) is 5.75 Å². The number of aryl methyl sites for hydroxylation is 2. The molecule has 1 aromatic heterocycles. The van der Waals surface area contributed by atoms with E-state index in [1.54, 1.807) is 0 Å². The number of amides is 1. The molecule has 0 saturated carbocycles.